The standard InChI is InChI=1S/C20H20N2O2/c1-12-9-14(3)19-17(10-12)13(2)11-18(22-19)21-16-7-5-15(6-8-16)20(23)24-4/h5-11H,1-4H3,(H,21,22). The molecular weight excluding hydrogens is 300 g/mol. The number of ether oxygens (including phenoxy) is 1. The van der Waals surface area contributed by atoms with Crippen LogP contribution in [-0.4, -0.2) is 18.1 Å². The lowest BCUT2D eigenvalue weighted by Gasteiger charge is -2.12. The average molecular weight is 320 g/mol. The second-order valence-corrected chi connectivity index (χ2v) is 6.00. The molecule has 0 spiro atoms. The number of hydrogen-bond acceptors (Lipinski definition) is 4. The van der Waals surface area contributed by atoms with Crippen LogP contribution in [0.25, 0.3) is 10.9 Å². The number of nitrogens with one attached hydrogen (secondary N) is 1. The van der Waals surface area contributed by atoms with Gasteiger partial charge in [-0.3, -0.25) is 0 Å². The van der Waals surface area contributed by atoms with Crippen molar-refractivity contribution in [1.82, 2.24) is 4.98 Å². The zero-order valence-electron chi connectivity index (χ0n) is 14.3. The minimum atomic E-state index is -0.341. The van der Waals surface area contributed by atoms with Crippen LogP contribution in [0.3, 0.4) is 0 Å². The number of esters is 1. The van der Waals surface area contributed by atoms with Gasteiger partial charge in [-0.2, -0.15) is 0 Å². The number of hydrogen-bond donors (Lipinski definition) is 1. The van der Waals surface area contributed by atoms with Crippen molar-refractivity contribution in [2.75, 3.05) is 12.4 Å². The van der Waals surface area contributed by atoms with Crippen LogP contribution in [0.2, 0.25) is 0 Å². The fourth-order valence-corrected chi connectivity index (χ4v) is 2.86. The van der Waals surface area contributed by atoms with Crippen molar-refractivity contribution in [2.24, 2.45) is 0 Å². The fourth-order valence-electron chi connectivity index (χ4n) is 2.86. The first-order chi connectivity index (χ1) is 11.5. The Labute approximate surface area is 141 Å². The number of rotatable bonds is 3. The van der Waals surface area contributed by atoms with Crippen LogP contribution in [0.1, 0.15) is 27.0 Å². The normalized spacial score (nSPS) is 10.7. The number of fused-ring (bicyclic) bond motifs is 1. The highest BCUT2D eigenvalue weighted by Crippen LogP contribution is 2.26. The molecule has 1 aromatic heterocycles. The summed E-state index contributed by atoms with van der Waals surface area (Å²) in [5, 5.41) is 4.48. The molecule has 1 N–H and O–H groups in total. The van der Waals surface area contributed by atoms with Gasteiger partial charge in [0.25, 0.3) is 0 Å². The SMILES string of the molecule is COC(=O)c1ccc(Nc2cc(C)c3cc(C)cc(C)c3n2)cc1. The Bertz CT molecular complexity index is 915. The quantitative estimate of drug-likeness (QED) is 0.711. The predicted octanol–water partition coefficient (Wildman–Crippen LogP) is 4.69. The Morgan fingerprint density at radius 1 is 1.00 bits per heavy atom. The summed E-state index contributed by atoms with van der Waals surface area (Å²) in [5.41, 5.74) is 5.99. The third-order valence-corrected chi connectivity index (χ3v) is 4.03. The van der Waals surface area contributed by atoms with Crippen LogP contribution in [0, 0.1) is 20.8 Å². The van der Waals surface area contributed by atoms with E-state index in [1.807, 2.05) is 18.2 Å². The number of benzene rings is 2. The fraction of sp³-hybridized carbons (Fsp3) is 0.200. The number of carbonyl (C=O) groups excluding carboxylic acids is 1. The van der Waals surface area contributed by atoms with Gasteiger partial charge in [0.15, 0.2) is 0 Å². The molecule has 3 rings (SSSR count). The van der Waals surface area contributed by atoms with E-state index >= 15 is 0 Å². The minimum Gasteiger partial charge on any atom is -0.465 e. The second kappa shape index (κ2) is 6.32. The third kappa shape index (κ3) is 3.08. The van der Waals surface area contributed by atoms with E-state index in [-0.39, 0.29) is 5.97 Å². The maximum absolute atomic E-state index is 11.5. The molecule has 3 aromatic rings. The summed E-state index contributed by atoms with van der Waals surface area (Å²) in [4.78, 5) is 16.2. The monoisotopic (exact) mass is 320 g/mol. The Hall–Kier alpha value is -2.88. The number of anilines is 2. The predicted molar refractivity (Wildman–Crippen MR) is 97.0 cm³/mol. The Kier molecular flexibility index (Phi) is 4.21. The zero-order valence-corrected chi connectivity index (χ0v) is 14.3. The molecule has 0 aliphatic rings. The van der Waals surface area contributed by atoms with Crippen LogP contribution in [0.4, 0.5) is 11.5 Å². The first-order valence-corrected chi connectivity index (χ1v) is 7.82. The lowest BCUT2D eigenvalue weighted by atomic mass is 10.0. The van der Waals surface area contributed by atoms with Crippen LogP contribution in [0.5, 0.6) is 0 Å². The van der Waals surface area contributed by atoms with Crippen molar-refractivity contribution in [3.63, 3.8) is 0 Å². The van der Waals surface area contributed by atoms with Crippen molar-refractivity contribution < 1.29 is 9.53 Å². The van der Waals surface area contributed by atoms with Crippen molar-refractivity contribution in [2.45, 2.75) is 20.8 Å². The molecular formula is C20H20N2O2. The highest BCUT2D eigenvalue weighted by Gasteiger charge is 2.08. The van der Waals surface area contributed by atoms with Crippen LogP contribution < -0.4 is 5.32 Å². The summed E-state index contributed by atoms with van der Waals surface area (Å²) in [6.45, 7) is 6.27. The van der Waals surface area contributed by atoms with Crippen molar-refractivity contribution >= 4 is 28.4 Å². The average Bonchev–Trinajstić information content (AvgIpc) is 2.56. The summed E-state index contributed by atoms with van der Waals surface area (Å²) >= 11 is 0. The lowest BCUT2D eigenvalue weighted by molar-refractivity contribution is 0.0601. The van der Waals surface area contributed by atoms with E-state index < -0.39 is 0 Å². The summed E-state index contributed by atoms with van der Waals surface area (Å²) in [6, 6.07) is 13.5. The van der Waals surface area contributed by atoms with Gasteiger partial charge in [-0.1, -0.05) is 11.6 Å². The number of aryl methyl sites for hydroxylation is 3. The van der Waals surface area contributed by atoms with Crippen molar-refractivity contribution in [3.05, 3.63) is 64.7 Å². The molecule has 0 saturated carbocycles. The highest BCUT2D eigenvalue weighted by atomic mass is 16.5. The summed E-state index contributed by atoms with van der Waals surface area (Å²) < 4.78 is 4.71. The summed E-state index contributed by atoms with van der Waals surface area (Å²) in [6.07, 6.45) is 0. The maximum atomic E-state index is 11.5. The van der Waals surface area contributed by atoms with Gasteiger partial charge in [0.05, 0.1) is 18.2 Å². The second-order valence-electron chi connectivity index (χ2n) is 6.00. The highest BCUT2D eigenvalue weighted by molar-refractivity contribution is 5.90. The van der Waals surface area contributed by atoms with Gasteiger partial charge in [0, 0.05) is 11.1 Å². The van der Waals surface area contributed by atoms with Gasteiger partial charge < -0.3 is 10.1 Å². The summed E-state index contributed by atoms with van der Waals surface area (Å²) in [7, 11) is 1.38. The number of carbonyl (C=O) groups is 1. The molecule has 4 nitrogen and oxygen atoms in total. The van der Waals surface area contributed by atoms with Gasteiger partial charge in [-0.05, 0) is 68.3 Å². The van der Waals surface area contributed by atoms with Crippen molar-refractivity contribution in [1.29, 1.82) is 0 Å². The van der Waals surface area contributed by atoms with Gasteiger partial charge in [-0.15, -0.1) is 0 Å². The molecule has 4 heteroatoms. The lowest BCUT2D eigenvalue weighted by Crippen LogP contribution is -2.01. The molecule has 0 radical (unpaired) electrons. The van der Waals surface area contributed by atoms with Gasteiger partial charge >= 0.3 is 5.97 Å². The number of aromatic nitrogens is 1. The van der Waals surface area contributed by atoms with Gasteiger partial charge in [0.1, 0.15) is 5.82 Å². The first kappa shape index (κ1) is 16.0. The molecule has 2 aromatic carbocycles. The van der Waals surface area contributed by atoms with E-state index in [1.165, 1.54) is 23.6 Å². The molecule has 0 aliphatic carbocycles. The molecule has 0 bridgehead atoms. The van der Waals surface area contributed by atoms with Crippen molar-refractivity contribution in [3.8, 4) is 0 Å². The first-order valence-electron chi connectivity index (χ1n) is 7.82. The maximum Gasteiger partial charge on any atom is 0.337 e. The molecule has 122 valence electrons. The molecule has 0 fully saturated rings. The van der Waals surface area contributed by atoms with E-state index in [4.69, 9.17) is 9.72 Å². The van der Waals surface area contributed by atoms with Crippen LogP contribution in [0.15, 0.2) is 42.5 Å². The van der Waals surface area contributed by atoms with Crippen LogP contribution in [-0.2, 0) is 4.74 Å². The van der Waals surface area contributed by atoms with E-state index in [0.717, 1.165) is 22.6 Å². The zero-order chi connectivity index (χ0) is 17.3. The topological polar surface area (TPSA) is 51.2 Å². The Morgan fingerprint density at radius 3 is 2.38 bits per heavy atom. The third-order valence-electron chi connectivity index (χ3n) is 4.03. The van der Waals surface area contributed by atoms with E-state index in [1.54, 1.807) is 12.1 Å². The molecule has 0 unspecified atom stereocenters. The molecule has 1 heterocycles. The molecule has 0 aliphatic heterocycles. The van der Waals surface area contributed by atoms with Crippen LogP contribution >= 0.6 is 0 Å². The van der Waals surface area contributed by atoms with Gasteiger partial charge in [0.2, 0.25) is 0 Å². The minimum absolute atomic E-state index is 0.341. The summed E-state index contributed by atoms with van der Waals surface area (Å²) in [5.74, 6) is 0.449. The van der Waals surface area contributed by atoms with Gasteiger partial charge in [-0.25, -0.2) is 9.78 Å². The molecule has 0 amide bonds. The van der Waals surface area contributed by atoms with E-state index in [0.29, 0.717) is 5.56 Å². The number of methoxy groups -OCH3 is 1. The largest absolute Gasteiger partial charge is 0.465 e. The molecule has 0 saturated heterocycles. The smallest absolute Gasteiger partial charge is 0.337 e. The molecule has 0 atom stereocenters. The van der Waals surface area contributed by atoms with E-state index in [9.17, 15) is 4.79 Å². The number of pyridine rings is 1. The number of nitrogens with zero attached hydrogens (tertiary/aromatic N) is 1. The Morgan fingerprint density at radius 2 is 1.71 bits per heavy atom. The Balaban J connectivity index is 1.94. The molecule has 24 heavy (non-hydrogen) atoms. The van der Waals surface area contributed by atoms with E-state index in [2.05, 4.69) is 38.2 Å².